The first-order chi connectivity index (χ1) is 6.67. The average Bonchev–Trinajstić information content (AvgIpc) is 2.46. The van der Waals surface area contributed by atoms with Crippen molar-refractivity contribution in [2.45, 2.75) is 26.7 Å². The van der Waals surface area contributed by atoms with Crippen LogP contribution in [0.2, 0.25) is 0 Å². The van der Waals surface area contributed by atoms with Gasteiger partial charge in [-0.25, -0.2) is 4.98 Å². The van der Waals surface area contributed by atoms with Gasteiger partial charge in [-0.1, -0.05) is 22.9 Å². The highest BCUT2D eigenvalue weighted by atomic mass is 79.9. The third kappa shape index (κ3) is 3.06. The molecule has 0 saturated carbocycles. The number of amides is 1. The van der Waals surface area contributed by atoms with Gasteiger partial charge in [0.15, 0.2) is 5.13 Å². The van der Waals surface area contributed by atoms with E-state index in [1.165, 1.54) is 16.2 Å². The van der Waals surface area contributed by atoms with Crippen molar-refractivity contribution in [3.8, 4) is 0 Å². The van der Waals surface area contributed by atoms with Gasteiger partial charge in [-0.15, -0.1) is 11.3 Å². The summed E-state index contributed by atoms with van der Waals surface area (Å²) < 4.78 is 0. The van der Waals surface area contributed by atoms with Crippen LogP contribution in [0.3, 0.4) is 0 Å². The normalized spacial score (nSPS) is 10.2. The van der Waals surface area contributed by atoms with E-state index in [9.17, 15) is 4.79 Å². The van der Waals surface area contributed by atoms with Crippen LogP contribution >= 0.6 is 27.3 Å². The fourth-order valence-corrected chi connectivity index (χ4v) is 2.36. The zero-order chi connectivity index (χ0) is 10.6. The number of alkyl halides is 1. The van der Waals surface area contributed by atoms with E-state index >= 15 is 0 Å². The molecule has 0 bridgehead atoms. The molecule has 0 atom stereocenters. The highest BCUT2D eigenvalue weighted by molar-refractivity contribution is 9.09. The zero-order valence-electron chi connectivity index (χ0n) is 8.26. The Balaban J connectivity index is 2.63. The van der Waals surface area contributed by atoms with E-state index < -0.39 is 0 Å². The average molecular weight is 277 g/mol. The smallest absolute Gasteiger partial charge is 0.226 e. The minimum absolute atomic E-state index is 0.0123. The van der Waals surface area contributed by atoms with Crippen LogP contribution in [-0.4, -0.2) is 16.2 Å². The van der Waals surface area contributed by atoms with Crippen LogP contribution in [0.15, 0.2) is 0 Å². The molecule has 0 aromatic carbocycles. The van der Waals surface area contributed by atoms with Crippen molar-refractivity contribution in [2.24, 2.45) is 0 Å². The fourth-order valence-electron chi connectivity index (χ4n) is 1.08. The summed E-state index contributed by atoms with van der Waals surface area (Å²) in [4.78, 5) is 16.8. The van der Waals surface area contributed by atoms with Crippen molar-refractivity contribution in [3.63, 3.8) is 0 Å². The predicted molar refractivity (Wildman–Crippen MR) is 63.3 cm³/mol. The zero-order valence-corrected chi connectivity index (χ0v) is 10.7. The second-order valence-corrected chi connectivity index (χ2v) is 4.86. The van der Waals surface area contributed by atoms with Gasteiger partial charge in [0.05, 0.1) is 5.69 Å². The maximum absolute atomic E-state index is 11.2. The number of aryl methyl sites for hydroxylation is 2. The van der Waals surface area contributed by atoms with Crippen molar-refractivity contribution < 1.29 is 4.79 Å². The maximum atomic E-state index is 11.2. The van der Waals surface area contributed by atoms with Crippen LogP contribution in [0.4, 0.5) is 5.13 Å². The number of hydrogen-bond acceptors (Lipinski definition) is 3. The van der Waals surface area contributed by atoms with Crippen LogP contribution in [0.5, 0.6) is 0 Å². The van der Waals surface area contributed by atoms with E-state index in [0.717, 1.165) is 12.1 Å². The van der Waals surface area contributed by atoms with Gasteiger partial charge in [0, 0.05) is 16.6 Å². The number of nitrogens with zero attached hydrogens (tertiary/aromatic N) is 1. The molecule has 1 heterocycles. The van der Waals surface area contributed by atoms with E-state index in [2.05, 4.69) is 33.2 Å². The number of halogens is 1. The molecule has 0 aliphatic carbocycles. The molecule has 1 N–H and O–H groups in total. The number of carbonyl (C=O) groups excluding carboxylic acids is 1. The lowest BCUT2D eigenvalue weighted by molar-refractivity contribution is -0.115. The third-order valence-electron chi connectivity index (χ3n) is 1.80. The van der Waals surface area contributed by atoms with Crippen LogP contribution in [0.25, 0.3) is 0 Å². The summed E-state index contributed by atoms with van der Waals surface area (Å²) in [7, 11) is 0. The lowest BCUT2D eigenvalue weighted by Gasteiger charge is -1.97. The Hall–Kier alpha value is -0.420. The molecule has 1 amide bonds. The molecule has 1 aromatic heterocycles. The molecular weight excluding hydrogens is 264 g/mol. The Morgan fingerprint density at radius 2 is 2.36 bits per heavy atom. The molecule has 0 saturated heterocycles. The minimum Gasteiger partial charge on any atom is -0.302 e. The maximum Gasteiger partial charge on any atom is 0.226 e. The van der Waals surface area contributed by atoms with Crippen molar-refractivity contribution in [1.29, 1.82) is 0 Å². The van der Waals surface area contributed by atoms with Gasteiger partial charge < -0.3 is 5.32 Å². The summed E-state index contributed by atoms with van der Waals surface area (Å²) >= 11 is 4.75. The highest BCUT2D eigenvalue weighted by Crippen LogP contribution is 2.22. The SMILES string of the molecule is CCc1nc(NC(=O)CCBr)sc1C. The third-order valence-corrected chi connectivity index (χ3v) is 3.12. The molecule has 14 heavy (non-hydrogen) atoms. The highest BCUT2D eigenvalue weighted by Gasteiger charge is 2.08. The van der Waals surface area contributed by atoms with Crippen molar-refractivity contribution in [1.82, 2.24) is 4.98 Å². The molecule has 0 aliphatic rings. The Morgan fingerprint density at radius 3 is 2.86 bits per heavy atom. The minimum atomic E-state index is 0.0123. The molecule has 3 nitrogen and oxygen atoms in total. The van der Waals surface area contributed by atoms with E-state index in [1.807, 2.05) is 6.92 Å². The van der Waals surface area contributed by atoms with E-state index in [4.69, 9.17) is 0 Å². The number of nitrogens with one attached hydrogen (secondary N) is 1. The van der Waals surface area contributed by atoms with Crippen molar-refractivity contribution in [2.75, 3.05) is 10.6 Å². The standard InChI is InChI=1S/C9H13BrN2OS/c1-3-7-6(2)14-9(11-7)12-8(13)4-5-10/h3-5H2,1-2H3,(H,11,12,13). The second kappa shape index (κ2) is 5.46. The Bertz CT molecular complexity index is 325. The number of anilines is 1. The number of hydrogen-bond donors (Lipinski definition) is 1. The Morgan fingerprint density at radius 1 is 1.64 bits per heavy atom. The van der Waals surface area contributed by atoms with E-state index in [0.29, 0.717) is 16.9 Å². The Kier molecular flexibility index (Phi) is 4.54. The summed E-state index contributed by atoms with van der Waals surface area (Å²) in [6, 6.07) is 0. The van der Waals surface area contributed by atoms with E-state index in [-0.39, 0.29) is 5.91 Å². The lowest BCUT2D eigenvalue weighted by Crippen LogP contribution is -2.11. The van der Waals surface area contributed by atoms with E-state index in [1.54, 1.807) is 0 Å². The van der Waals surface area contributed by atoms with Gasteiger partial charge >= 0.3 is 0 Å². The molecule has 0 unspecified atom stereocenters. The largest absolute Gasteiger partial charge is 0.302 e. The molecule has 1 aromatic rings. The summed E-state index contributed by atoms with van der Waals surface area (Å²) in [5.74, 6) is 0.0123. The second-order valence-electron chi connectivity index (χ2n) is 2.86. The van der Waals surface area contributed by atoms with Crippen molar-refractivity contribution in [3.05, 3.63) is 10.6 Å². The van der Waals surface area contributed by atoms with Crippen LogP contribution < -0.4 is 5.32 Å². The van der Waals surface area contributed by atoms with Gasteiger partial charge in [0.25, 0.3) is 0 Å². The first-order valence-corrected chi connectivity index (χ1v) is 6.43. The van der Waals surface area contributed by atoms with Crippen LogP contribution in [-0.2, 0) is 11.2 Å². The van der Waals surface area contributed by atoms with Gasteiger partial charge in [-0.3, -0.25) is 4.79 Å². The molecule has 1 rings (SSSR count). The fraction of sp³-hybridized carbons (Fsp3) is 0.556. The number of carbonyl (C=O) groups is 1. The van der Waals surface area contributed by atoms with Gasteiger partial charge in [-0.05, 0) is 13.3 Å². The first kappa shape index (κ1) is 11.7. The van der Waals surface area contributed by atoms with Gasteiger partial charge in [-0.2, -0.15) is 0 Å². The molecule has 0 spiro atoms. The number of thiazole rings is 1. The van der Waals surface area contributed by atoms with Crippen molar-refractivity contribution >= 4 is 38.3 Å². The Labute approximate surface area is 96.1 Å². The monoisotopic (exact) mass is 276 g/mol. The lowest BCUT2D eigenvalue weighted by atomic mass is 10.3. The molecule has 0 fully saturated rings. The molecule has 0 radical (unpaired) electrons. The van der Waals surface area contributed by atoms with Crippen LogP contribution in [0.1, 0.15) is 23.9 Å². The molecule has 78 valence electrons. The summed E-state index contributed by atoms with van der Waals surface area (Å²) in [5, 5.41) is 4.17. The summed E-state index contributed by atoms with van der Waals surface area (Å²) in [5.41, 5.74) is 1.07. The molecule has 5 heteroatoms. The van der Waals surface area contributed by atoms with Gasteiger partial charge in [0.1, 0.15) is 0 Å². The quantitative estimate of drug-likeness (QED) is 0.860. The van der Waals surface area contributed by atoms with Crippen LogP contribution in [0, 0.1) is 6.92 Å². The first-order valence-electron chi connectivity index (χ1n) is 4.49. The topological polar surface area (TPSA) is 42.0 Å². The molecular formula is C9H13BrN2OS. The number of aromatic nitrogens is 1. The summed E-state index contributed by atoms with van der Waals surface area (Å²) in [6.45, 7) is 4.09. The molecule has 0 aliphatic heterocycles. The predicted octanol–water partition coefficient (Wildman–Crippen LogP) is 2.74. The summed E-state index contributed by atoms with van der Waals surface area (Å²) in [6.07, 6.45) is 1.40. The number of rotatable bonds is 4. The van der Waals surface area contributed by atoms with Gasteiger partial charge in [0.2, 0.25) is 5.91 Å².